The molecule has 2 saturated heterocycles. The number of nitrogens with one attached hydrogen (secondary N) is 1. The van der Waals surface area contributed by atoms with Crippen LogP contribution in [0, 0.1) is 36.2 Å². The Kier molecular flexibility index (Phi) is 5.47. The molecule has 5 nitrogen and oxygen atoms in total. The highest BCUT2D eigenvalue weighted by atomic mass is 32.1. The van der Waals surface area contributed by atoms with Gasteiger partial charge in [0.05, 0.1) is 17.1 Å². The molecule has 174 valence electrons. The van der Waals surface area contributed by atoms with E-state index in [4.69, 9.17) is 5.73 Å². The Balaban J connectivity index is 1.29. The molecule has 1 amide bonds. The van der Waals surface area contributed by atoms with Gasteiger partial charge in [-0.25, -0.2) is 18.2 Å². The molecule has 2 aromatic heterocycles. The number of piperidine rings is 2. The number of carbonyl (C=O) groups excluding carboxylic acids is 1. The second kappa shape index (κ2) is 8.20. The van der Waals surface area contributed by atoms with Crippen LogP contribution in [0.3, 0.4) is 0 Å². The van der Waals surface area contributed by atoms with Gasteiger partial charge in [0.2, 0.25) is 0 Å². The summed E-state index contributed by atoms with van der Waals surface area (Å²) >= 11 is 1.07. The summed E-state index contributed by atoms with van der Waals surface area (Å²) in [6.45, 7) is 4.90. The smallest absolute Gasteiger partial charge is 0.263 e. The van der Waals surface area contributed by atoms with Crippen LogP contribution in [-0.4, -0.2) is 30.5 Å². The summed E-state index contributed by atoms with van der Waals surface area (Å²) in [6, 6.07) is 3.79. The zero-order valence-corrected chi connectivity index (χ0v) is 19.2. The highest BCUT2D eigenvalue weighted by molar-refractivity contribution is 7.21. The van der Waals surface area contributed by atoms with Crippen molar-refractivity contribution < 1.29 is 18.0 Å². The van der Waals surface area contributed by atoms with Gasteiger partial charge in [0, 0.05) is 37.0 Å². The standard InChI is InChI=1S/C24H25F3N4OS/c1-11(8-29-23(32)22-21(28)16-6-17(25)12(2)30-24(16)33-22)15-5-19(27)20(7-18(15)26)31-9-13-3-14(4-13)10-31/h5-7,11,13-14H,3-4,8-10,28H2,1-2H3,(H,29,32)/t11-,13?,14?/m1/s1. The van der Waals surface area contributed by atoms with E-state index in [1.807, 2.05) is 4.90 Å². The molecule has 1 aliphatic carbocycles. The Labute approximate surface area is 193 Å². The van der Waals surface area contributed by atoms with Gasteiger partial charge in [0.1, 0.15) is 27.2 Å². The van der Waals surface area contributed by atoms with E-state index < -0.39 is 29.3 Å². The average molecular weight is 475 g/mol. The largest absolute Gasteiger partial charge is 0.397 e. The molecule has 6 rings (SSSR count). The van der Waals surface area contributed by atoms with Gasteiger partial charge in [-0.3, -0.25) is 4.79 Å². The van der Waals surface area contributed by atoms with Crippen molar-refractivity contribution in [3.8, 4) is 0 Å². The van der Waals surface area contributed by atoms with Gasteiger partial charge >= 0.3 is 0 Å². The van der Waals surface area contributed by atoms with Crippen LogP contribution >= 0.6 is 11.3 Å². The molecule has 3 aliphatic rings. The molecule has 3 fully saturated rings. The summed E-state index contributed by atoms with van der Waals surface area (Å²) in [5.41, 5.74) is 6.96. The molecule has 2 bridgehead atoms. The number of hydrogen-bond acceptors (Lipinski definition) is 5. The van der Waals surface area contributed by atoms with Crippen LogP contribution < -0.4 is 16.0 Å². The molecule has 3 N–H and O–H groups in total. The van der Waals surface area contributed by atoms with Crippen molar-refractivity contribution in [2.45, 2.75) is 32.6 Å². The number of nitrogen functional groups attached to an aromatic ring is 1. The molecule has 3 aromatic rings. The molecule has 4 heterocycles. The quantitative estimate of drug-likeness (QED) is 0.547. The third kappa shape index (κ3) is 3.92. The monoisotopic (exact) mass is 474 g/mol. The molecule has 0 radical (unpaired) electrons. The average Bonchev–Trinajstić information content (AvgIpc) is 3.08. The Morgan fingerprint density at radius 2 is 1.88 bits per heavy atom. The summed E-state index contributed by atoms with van der Waals surface area (Å²) in [6.07, 6.45) is 2.37. The molecule has 2 aliphatic heterocycles. The predicted molar refractivity (Wildman–Crippen MR) is 124 cm³/mol. The minimum Gasteiger partial charge on any atom is -0.397 e. The fraction of sp³-hybridized carbons (Fsp3) is 0.417. The fourth-order valence-electron chi connectivity index (χ4n) is 4.95. The molecule has 1 saturated carbocycles. The summed E-state index contributed by atoms with van der Waals surface area (Å²) in [4.78, 5) is 19.5. The second-order valence-corrected chi connectivity index (χ2v) is 10.3. The van der Waals surface area contributed by atoms with Gasteiger partial charge in [-0.2, -0.15) is 0 Å². The Hall–Kier alpha value is -2.81. The van der Waals surface area contributed by atoms with Gasteiger partial charge in [0.25, 0.3) is 5.91 Å². The normalized spacial score (nSPS) is 20.6. The first kappa shape index (κ1) is 22.0. The zero-order chi connectivity index (χ0) is 23.4. The van der Waals surface area contributed by atoms with Gasteiger partial charge < -0.3 is 16.0 Å². The number of pyridine rings is 1. The maximum Gasteiger partial charge on any atom is 0.263 e. The molecular weight excluding hydrogens is 449 g/mol. The first-order valence-electron chi connectivity index (χ1n) is 11.1. The lowest BCUT2D eigenvalue weighted by atomic mass is 9.71. The van der Waals surface area contributed by atoms with E-state index in [2.05, 4.69) is 10.3 Å². The highest BCUT2D eigenvalue weighted by Gasteiger charge is 2.38. The highest BCUT2D eigenvalue weighted by Crippen LogP contribution is 2.42. The Morgan fingerprint density at radius 3 is 2.58 bits per heavy atom. The van der Waals surface area contributed by atoms with Gasteiger partial charge in [0.15, 0.2) is 0 Å². The SMILES string of the molecule is Cc1nc2sc(C(=O)NC[C@@H](C)c3cc(F)c(N4CC5CC(C5)C4)cc3F)c(N)c2cc1F. The van der Waals surface area contributed by atoms with E-state index >= 15 is 0 Å². The van der Waals surface area contributed by atoms with Crippen molar-refractivity contribution in [2.75, 3.05) is 30.3 Å². The lowest BCUT2D eigenvalue weighted by Gasteiger charge is -2.48. The summed E-state index contributed by atoms with van der Waals surface area (Å²) in [5.74, 6) is -1.16. The van der Waals surface area contributed by atoms with Crippen molar-refractivity contribution in [2.24, 2.45) is 11.8 Å². The topological polar surface area (TPSA) is 71.2 Å². The number of aryl methyl sites for hydroxylation is 1. The van der Waals surface area contributed by atoms with Crippen LogP contribution in [0.4, 0.5) is 24.5 Å². The lowest BCUT2D eigenvalue weighted by Crippen LogP contribution is -2.49. The number of hydrogen-bond donors (Lipinski definition) is 2. The van der Waals surface area contributed by atoms with Crippen LogP contribution in [0.25, 0.3) is 10.2 Å². The molecule has 0 spiro atoms. The van der Waals surface area contributed by atoms with Gasteiger partial charge in [-0.05, 0) is 49.3 Å². The Bertz CT molecular complexity index is 1240. The number of benzene rings is 1. The maximum atomic E-state index is 14.9. The summed E-state index contributed by atoms with van der Waals surface area (Å²) < 4.78 is 43.6. The van der Waals surface area contributed by atoms with Crippen molar-refractivity contribution in [3.05, 3.63) is 51.8 Å². The number of nitrogens with two attached hydrogens (primary N) is 1. The van der Waals surface area contributed by atoms with E-state index in [9.17, 15) is 18.0 Å². The maximum absolute atomic E-state index is 14.9. The number of carbonyl (C=O) groups is 1. The number of nitrogens with zero attached hydrogens (tertiary/aromatic N) is 2. The number of fused-ring (bicyclic) bond motifs is 3. The molecular formula is C24H25F3N4OS. The number of rotatable bonds is 5. The number of aromatic nitrogens is 1. The van der Waals surface area contributed by atoms with Crippen LogP contribution in [-0.2, 0) is 0 Å². The van der Waals surface area contributed by atoms with Crippen LogP contribution in [0.2, 0.25) is 0 Å². The van der Waals surface area contributed by atoms with E-state index in [1.54, 1.807) is 13.8 Å². The third-order valence-corrected chi connectivity index (χ3v) is 7.97. The first-order chi connectivity index (χ1) is 15.7. The van der Waals surface area contributed by atoms with Crippen molar-refractivity contribution in [3.63, 3.8) is 0 Å². The molecule has 1 aromatic carbocycles. The minimum absolute atomic E-state index is 0.0942. The number of amides is 1. The fourth-order valence-corrected chi connectivity index (χ4v) is 5.99. The Morgan fingerprint density at radius 1 is 1.18 bits per heavy atom. The zero-order valence-electron chi connectivity index (χ0n) is 18.4. The lowest BCUT2D eigenvalue weighted by molar-refractivity contribution is 0.0956. The van der Waals surface area contributed by atoms with Crippen LogP contribution in [0.15, 0.2) is 18.2 Å². The summed E-state index contributed by atoms with van der Waals surface area (Å²) in [7, 11) is 0. The van der Waals surface area contributed by atoms with E-state index in [0.29, 0.717) is 27.7 Å². The van der Waals surface area contributed by atoms with Gasteiger partial charge in [-0.1, -0.05) is 6.92 Å². The number of halogens is 3. The van der Waals surface area contributed by atoms with Gasteiger partial charge in [-0.15, -0.1) is 11.3 Å². The van der Waals surface area contributed by atoms with Crippen molar-refractivity contribution in [1.29, 1.82) is 0 Å². The molecule has 9 heteroatoms. The van der Waals surface area contributed by atoms with Crippen molar-refractivity contribution in [1.82, 2.24) is 10.3 Å². The van der Waals surface area contributed by atoms with Crippen molar-refractivity contribution >= 4 is 38.8 Å². The minimum atomic E-state index is -0.491. The number of anilines is 2. The second-order valence-electron chi connectivity index (χ2n) is 9.30. The third-order valence-electron chi connectivity index (χ3n) is 6.85. The number of thiophene rings is 1. The molecule has 33 heavy (non-hydrogen) atoms. The van der Waals surface area contributed by atoms with E-state index in [1.165, 1.54) is 31.0 Å². The predicted octanol–water partition coefficient (Wildman–Crippen LogP) is 4.98. The molecule has 1 atom stereocenters. The molecule has 0 unspecified atom stereocenters. The summed E-state index contributed by atoms with van der Waals surface area (Å²) in [5, 5.41) is 3.12. The van der Waals surface area contributed by atoms with Crippen LogP contribution in [0.5, 0.6) is 0 Å². The first-order valence-corrected chi connectivity index (χ1v) is 11.9. The van der Waals surface area contributed by atoms with Crippen LogP contribution in [0.1, 0.15) is 46.6 Å². The van der Waals surface area contributed by atoms with E-state index in [-0.39, 0.29) is 28.4 Å². The van der Waals surface area contributed by atoms with E-state index in [0.717, 1.165) is 24.4 Å².